The molecule has 1 aliphatic carbocycles. The summed E-state index contributed by atoms with van der Waals surface area (Å²) in [7, 11) is 0. The Morgan fingerprint density at radius 1 is 1.64 bits per heavy atom. The molecule has 0 aromatic carbocycles. The maximum Gasteiger partial charge on any atom is 0.138 e. The van der Waals surface area contributed by atoms with Crippen molar-refractivity contribution in [3.8, 4) is 0 Å². The number of allylic oxidation sites excluding steroid dienone is 1. The maximum absolute atomic E-state index is 5.81. The van der Waals surface area contributed by atoms with Crippen molar-refractivity contribution in [3.05, 3.63) is 23.8 Å². The molecular weight excluding hydrogens is 176 g/mol. The van der Waals surface area contributed by atoms with E-state index in [4.69, 9.17) is 5.73 Å². The molecule has 2 N–H and O–H groups in total. The normalized spacial score (nSPS) is 21.3. The van der Waals surface area contributed by atoms with Gasteiger partial charge in [-0.05, 0) is 19.8 Å². The van der Waals surface area contributed by atoms with E-state index in [1.165, 1.54) is 5.57 Å². The maximum atomic E-state index is 5.81. The molecule has 0 fully saturated rings. The molecule has 1 heterocycles. The van der Waals surface area contributed by atoms with E-state index >= 15 is 0 Å². The van der Waals surface area contributed by atoms with Gasteiger partial charge >= 0.3 is 0 Å². The first-order chi connectivity index (χ1) is 6.79. The van der Waals surface area contributed by atoms with Gasteiger partial charge < -0.3 is 5.73 Å². The quantitative estimate of drug-likeness (QED) is 0.723. The van der Waals surface area contributed by atoms with E-state index in [1.807, 2.05) is 4.68 Å². The molecule has 1 atom stereocenters. The summed E-state index contributed by atoms with van der Waals surface area (Å²) < 4.78 is 1.94. The fourth-order valence-electron chi connectivity index (χ4n) is 1.86. The Bertz CT molecular complexity index is 340. The Labute approximate surface area is 83.8 Å². The van der Waals surface area contributed by atoms with Gasteiger partial charge in [-0.3, -0.25) is 4.68 Å². The lowest BCUT2D eigenvalue weighted by Gasteiger charge is -2.02. The zero-order valence-electron chi connectivity index (χ0n) is 8.48. The summed E-state index contributed by atoms with van der Waals surface area (Å²) in [6.07, 6.45) is 6.87. The van der Waals surface area contributed by atoms with Gasteiger partial charge in [0, 0.05) is 19.0 Å². The largest absolute Gasteiger partial charge is 0.324 e. The predicted molar refractivity (Wildman–Crippen MR) is 54.7 cm³/mol. The Morgan fingerprint density at radius 3 is 3.14 bits per heavy atom. The van der Waals surface area contributed by atoms with Gasteiger partial charge in [-0.15, -0.1) is 0 Å². The van der Waals surface area contributed by atoms with Crippen molar-refractivity contribution in [1.82, 2.24) is 14.8 Å². The number of rotatable bonds is 3. The lowest BCUT2D eigenvalue weighted by molar-refractivity contribution is 0.621. The molecule has 0 spiro atoms. The van der Waals surface area contributed by atoms with Gasteiger partial charge in [0.1, 0.15) is 12.2 Å². The first kappa shape index (κ1) is 9.40. The third kappa shape index (κ3) is 1.85. The minimum Gasteiger partial charge on any atom is -0.324 e. The van der Waals surface area contributed by atoms with Crippen LogP contribution in [0.2, 0.25) is 0 Å². The SMILES string of the molecule is CCn1ncnc1CC1=CC(N)CC1. The molecule has 0 saturated carbocycles. The lowest BCUT2D eigenvalue weighted by atomic mass is 10.1. The van der Waals surface area contributed by atoms with E-state index in [2.05, 4.69) is 23.1 Å². The molecule has 1 aromatic rings. The van der Waals surface area contributed by atoms with Crippen LogP contribution in [0.1, 0.15) is 25.6 Å². The Kier molecular flexibility index (Phi) is 2.63. The third-order valence-corrected chi connectivity index (χ3v) is 2.63. The second kappa shape index (κ2) is 3.92. The van der Waals surface area contributed by atoms with Crippen LogP contribution < -0.4 is 5.73 Å². The molecule has 4 heteroatoms. The molecule has 1 unspecified atom stereocenters. The van der Waals surface area contributed by atoms with E-state index in [1.54, 1.807) is 6.33 Å². The zero-order chi connectivity index (χ0) is 9.97. The highest BCUT2D eigenvalue weighted by atomic mass is 15.3. The number of nitrogens with two attached hydrogens (primary N) is 1. The zero-order valence-corrected chi connectivity index (χ0v) is 8.48. The fourth-order valence-corrected chi connectivity index (χ4v) is 1.86. The van der Waals surface area contributed by atoms with Crippen LogP contribution in [0.5, 0.6) is 0 Å². The minimum absolute atomic E-state index is 0.253. The molecule has 0 bridgehead atoms. The summed E-state index contributed by atoms with van der Waals surface area (Å²) in [4.78, 5) is 4.25. The van der Waals surface area contributed by atoms with E-state index in [0.717, 1.165) is 31.6 Å². The van der Waals surface area contributed by atoms with Crippen LogP contribution in [0.15, 0.2) is 18.0 Å². The van der Waals surface area contributed by atoms with Crippen LogP contribution in [0.25, 0.3) is 0 Å². The van der Waals surface area contributed by atoms with E-state index in [9.17, 15) is 0 Å². The third-order valence-electron chi connectivity index (χ3n) is 2.63. The summed E-state index contributed by atoms with van der Waals surface area (Å²) in [5, 5.41) is 4.14. The van der Waals surface area contributed by atoms with Crippen molar-refractivity contribution in [2.24, 2.45) is 5.73 Å². The molecule has 1 aromatic heterocycles. The van der Waals surface area contributed by atoms with Crippen molar-refractivity contribution in [2.45, 2.75) is 38.8 Å². The molecule has 14 heavy (non-hydrogen) atoms. The first-order valence-corrected chi connectivity index (χ1v) is 5.11. The molecule has 0 saturated heterocycles. The molecule has 4 nitrogen and oxygen atoms in total. The monoisotopic (exact) mass is 192 g/mol. The second-order valence-corrected chi connectivity index (χ2v) is 3.70. The average Bonchev–Trinajstić information content (AvgIpc) is 2.76. The molecule has 2 rings (SSSR count). The fraction of sp³-hybridized carbons (Fsp3) is 0.600. The van der Waals surface area contributed by atoms with Crippen LogP contribution in [0.3, 0.4) is 0 Å². The van der Waals surface area contributed by atoms with Crippen LogP contribution in [-0.2, 0) is 13.0 Å². The highest BCUT2D eigenvalue weighted by molar-refractivity contribution is 5.17. The van der Waals surface area contributed by atoms with Gasteiger partial charge in [0.15, 0.2) is 0 Å². The standard InChI is InChI=1S/C10H16N4/c1-2-14-10(12-7-13-14)6-8-3-4-9(11)5-8/h5,7,9H,2-4,6,11H2,1H3. The van der Waals surface area contributed by atoms with Gasteiger partial charge in [-0.1, -0.05) is 11.6 Å². The number of hydrogen-bond donors (Lipinski definition) is 1. The Morgan fingerprint density at radius 2 is 2.50 bits per heavy atom. The molecule has 0 amide bonds. The molecule has 0 aliphatic heterocycles. The predicted octanol–water partition coefficient (Wildman–Crippen LogP) is 0.888. The number of aromatic nitrogens is 3. The summed E-state index contributed by atoms with van der Waals surface area (Å²) in [5.41, 5.74) is 7.21. The average molecular weight is 192 g/mol. The van der Waals surface area contributed by atoms with Gasteiger partial charge in [0.2, 0.25) is 0 Å². The summed E-state index contributed by atoms with van der Waals surface area (Å²) >= 11 is 0. The highest BCUT2D eigenvalue weighted by Gasteiger charge is 2.14. The summed E-state index contributed by atoms with van der Waals surface area (Å²) in [5.74, 6) is 1.05. The van der Waals surface area contributed by atoms with E-state index < -0.39 is 0 Å². The van der Waals surface area contributed by atoms with E-state index in [0.29, 0.717) is 0 Å². The molecule has 76 valence electrons. The van der Waals surface area contributed by atoms with Gasteiger partial charge in [-0.2, -0.15) is 5.10 Å². The molecule has 1 aliphatic rings. The smallest absolute Gasteiger partial charge is 0.138 e. The van der Waals surface area contributed by atoms with Crippen molar-refractivity contribution >= 4 is 0 Å². The molecular formula is C10H16N4. The van der Waals surface area contributed by atoms with Crippen molar-refractivity contribution < 1.29 is 0 Å². The number of aryl methyl sites for hydroxylation is 1. The Hall–Kier alpha value is -1.16. The number of hydrogen-bond acceptors (Lipinski definition) is 3. The topological polar surface area (TPSA) is 56.7 Å². The van der Waals surface area contributed by atoms with Crippen LogP contribution >= 0.6 is 0 Å². The van der Waals surface area contributed by atoms with Crippen molar-refractivity contribution in [3.63, 3.8) is 0 Å². The van der Waals surface area contributed by atoms with Gasteiger partial charge in [0.05, 0.1) is 0 Å². The highest BCUT2D eigenvalue weighted by Crippen LogP contribution is 2.20. The van der Waals surface area contributed by atoms with Crippen LogP contribution in [0.4, 0.5) is 0 Å². The second-order valence-electron chi connectivity index (χ2n) is 3.70. The first-order valence-electron chi connectivity index (χ1n) is 5.11. The van der Waals surface area contributed by atoms with Gasteiger partial charge in [0.25, 0.3) is 0 Å². The van der Waals surface area contributed by atoms with E-state index in [-0.39, 0.29) is 6.04 Å². The van der Waals surface area contributed by atoms with Crippen molar-refractivity contribution in [1.29, 1.82) is 0 Å². The Balaban J connectivity index is 2.07. The van der Waals surface area contributed by atoms with Crippen LogP contribution in [-0.4, -0.2) is 20.8 Å². The van der Waals surface area contributed by atoms with Crippen LogP contribution in [0, 0.1) is 0 Å². The lowest BCUT2D eigenvalue weighted by Crippen LogP contribution is -2.11. The molecule has 0 radical (unpaired) electrons. The summed E-state index contributed by atoms with van der Waals surface area (Å²) in [6, 6.07) is 0.253. The summed E-state index contributed by atoms with van der Waals surface area (Å²) in [6.45, 7) is 2.96. The van der Waals surface area contributed by atoms with Crippen molar-refractivity contribution in [2.75, 3.05) is 0 Å². The number of nitrogens with zero attached hydrogens (tertiary/aromatic N) is 3. The van der Waals surface area contributed by atoms with Gasteiger partial charge in [-0.25, -0.2) is 4.98 Å². The minimum atomic E-state index is 0.253.